The van der Waals surface area contributed by atoms with E-state index in [4.69, 9.17) is 16.0 Å². The third kappa shape index (κ3) is 3.69. The smallest absolute Gasteiger partial charge is 0.353 e. The van der Waals surface area contributed by atoms with E-state index >= 15 is 0 Å². The Morgan fingerprint density at radius 3 is 2.76 bits per heavy atom. The molecule has 0 fully saturated rings. The lowest BCUT2D eigenvalue weighted by atomic mass is 10.2. The maximum absolute atomic E-state index is 11.5. The Morgan fingerprint density at radius 2 is 2.04 bits per heavy atom. The number of nitrogens with zero attached hydrogens (tertiary/aromatic N) is 3. The summed E-state index contributed by atoms with van der Waals surface area (Å²) in [5.41, 5.74) is 1.14. The molecule has 3 aromatic rings. The van der Waals surface area contributed by atoms with Crippen LogP contribution in [0.4, 0.5) is 23.0 Å². The molecule has 0 atom stereocenters. The van der Waals surface area contributed by atoms with Gasteiger partial charge in [0.25, 0.3) is 0 Å². The molecule has 128 valence electrons. The first-order valence-corrected chi connectivity index (χ1v) is 7.72. The molecule has 0 radical (unpaired) electrons. The summed E-state index contributed by atoms with van der Waals surface area (Å²) in [4.78, 5) is 19.0. The molecule has 2 heterocycles. The van der Waals surface area contributed by atoms with Crippen molar-refractivity contribution in [3.8, 4) is 0 Å². The van der Waals surface area contributed by atoms with Gasteiger partial charge in [0.2, 0.25) is 11.6 Å². The van der Waals surface area contributed by atoms with Crippen molar-refractivity contribution < 1.29 is 9.34 Å². The van der Waals surface area contributed by atoms with Crippen molar-refractivity contribution in [2.75, 3.05) is 10.6 Å². The number of anilines is 3. The van der Waals surface area contributed by atoms with Gasteiger partial charge < -0.3 is 15.1 Å². The van der Waals surface area contributed by atoms with Crippen LogP contribution in [0.2, 0.25) is 5.02 Å². The van der Waals surface area contributed by atoms with Crippen LogP contribution in [0.5, 0.6) is 0 Å². The molecular weight excluding hydrogens is 346 g/mol. The average molecular weight is 360 g/mol. The van der Waals surface area contributed by atoms with Gasteiger partial charge in [-0.05, 0) is 36.8 Å². The average Bonchev–Trinajstić information content (AvgIpc) is 3.10. The van der Waals surface area contributed by atoms with Crippen LogP contribution >= 0.6 is 11.6 Å². The molecule has 25 heavy (non-hydrogen) atoms. The van der Waals surface area contributed by atoms with Gasteiger partial charge in [-0.15, -0.1) is 0 Å². The van der Waals surface area contributed by atoms with Crippen LogP contribution in [-0.2, 0) is 6.54 Å². The summed E-state index contributed by atoms with van der Waals surface area (Å²) in [6.07, 6.45) is 2.78. The van der Waals surface area contributed by atoms with Gasteiger partial charge in [-0.3, -0.25) is 10.1 Å². The van der Waals surface area contributed by atoms with Gasteiger partial charge in [0, 0.05) is 10.7 Å². The number of hydrogen-bond donors (Lipinski definition) is 2. The van der Waals surface area contributed by atoms with Crippen LogP contribution in [0.3, 0.4) is 0 Å². The van der Waals surface area contributed by atoms with E-state index in [1.54, 1.807) is 30.3 Å². The van der Waals surface area contributed by atoms with Crippen molar-refractivity contribution in [1.82, 2.24) is 9.97 Å². The number of halogens is 1. The van der Waals surface area contributed by atoms with Gasteiger partial charge >= 0.3 is 5.69 Å². The fourth-order valence-corrected chi connectivity index (χ4v) is 2.40. The highest BCUT2D eigenvalue weighted by atomic mass is 35.5. The minimum atomic E-state index is -0.535. The van der Waals surface area contributed by atoms with Gasteiger partial charge in [-0.25, -0.2) is 9.97 Å². The molecule has 0 bridgehead atoms. The Morgan fingerprint density at radius 1 is 1.24 bits per heavy atom. The van der Waals surface area contributed by atoms with Crippen LogP contribution in [0.15, 0.2) is 47.3 Å². The summed E-state index contributed by atoms with van der Waals surface area (Å²) in [6, 6.07) is 8.76. The fraction of sp³-hybridized carbons (Fsp3) is 0.125. The highest BCUT2D eigenvalue weighted by molar-refractivity contribution is 6.31. The van der Waals surface area contributed by atoms with Crippen molar-refractivity contribution in [2.24, 2.45) is 0 Å². The monoisotopic (exact) mass is 359 g/mol. The molecule has 0 aliphatic carbocycles. The van der Waals surface area contributed by atoms with Gasteiger partial charge in [0.05, 0.1) is 17.7 Å². The Hall–Kier alpha value is -3.13. The molecule has 2 N–H and O–H groups in total. The third-order valence-corrected chi connectivity index (χ3v) is 3.95. The Balaban J connectivity index is 1.92. The second-order valence-electron chi connectivity index (χ2n) is 5.15. The van der Waals surface area contributed by atoms with Crippen molar-refractivity contribution in [3.05, 3.63) is 69.4 Å². The van der Waals surface area contributed by atoms with E-state index in [0.29, 0.717) is 16.5 Å². The Bertz CT molecular complexity index is 899. The van der Waals surface area contributed by atoms with E-state index in [0.717, 1.165) is 5.56 Å². The molecule has 1 aromatic carbocycles. The molecule has 0 aliphatic rings. The number of nitro groups is 1. The van der Waals surface area contributed by atoms with E-state index in [1.165, 1.54) is 12.6 Å². The molecule has 0 saturated heterocycles. The lowest BCUT2D eigenvalue weighted by molar-refractivity contribution is -0.383. The maximum Gasteiger partial charge on any atom is 0.353 e. The number of aromatic nitrogens is 2. The van der Waals surface area contributed by atoms with E-state index in [9.17, 15) is 10.1 Å². The van der Waals surface area contributed by atoms with Crippen LogP contribution in [-0.4, -0.2) is 14.9 Å². The molecular formula is C16H14ClN5O3. The van der Waals surface area contributed by atoms with E-state index in [2.05, 4.69) is 20.6 Å². The van der Waals surface area contributed by atoms with Gasteiger partial charge in [0.1, 0.15) is 12.1 Å². The third-order valence-electron chi connectivity index (χ3n) is 3.54. The molecule has 0 saturated carbocycles. The molecule has 0 unspecified atom stereocenters. The standard InChI is InChI=1S/C16H14ClN5O3/c1-10-12(17)5-2-6-13(10)21-16-14(22(23)24)15(19-9-20-16)18-8-11-4-3-7-25-11/h2-7,9H,8H2,1H3,(H2,18,19,20,21). The van der Waals surface area contributed by atoms with Crippen molar-refractivity contribution >= 4 is 34.6 Å². The topological polar surface area (TPSA) is 106 Å². The minimum absolute atomic E-state index is 0.0762. The van der Waals surface area contributed by atoms with Crippen LogP contribution in [0.25, 0.3) is 0 Å². The molecule has 3 rings (SSSR count). The molecule has 0 aliphatic heterocycles. The molecule has 2 aromatic heterocycles. The zero-order valence-corrected chi connectivity index (χ0v) is 13.9. The van der Waals surface area contributed by atoms with Crippen LogP contribution in [0.1, 0.15) is 11.3 Å². The quantitative estimate of drug-likeness (QED) is 0.499. The number of furan rings is 1. The van der Waals surface area contributed by atoms with E-state index < -0.39 is 4.92 Å². The number of benzene rings is 1. The van der Waals surface area contributed by atoms with Crippen molar-refractivity contribution in [1.29, 1.82) is 0 Å². The predicted octanol–water partition coefficient (Wildman–Crippen LogP) is 4.30. The lowest BCUT2D eigenvalue weighted by Gasteiger charge is -2.11. The molecule has 0 amide bonds. The normalized spacial score (nSPS) is 10.5. The maximum atomic E-state index is 11.5. The highest BCUT2D eigenvalue weighted by Crippen LogP contribution is 2.33. The SMILES string of the molecule is Cc1c(Cl)cccc1Nc1ncnc(NCc2ccco2)c1[N+](=O)[O-]. The number of rotatable bonds is 6. The number of hydrogen-bond acceptors (Lipinski definition) is 7. The van der Waals surface area contributed by atoms with Crippen molar-refractivity contribution in [3.63, 3.8) is 0 Å². The second kappa shape index (κ2) is 7.18. The molecule has 9 heteroatoms. The zero-order valence-electron chi connectivity index (χ0n) is 13.2. The lowest BCUT2D eigenvalue weighted by Crippen LogP contribution is -2.08. The summed E-state index contributed by atoms with van der Waals surface area (Å²) in [7, 11) is 0. The first-order valence-electron chi connectivity index (χ1n) is 7.34. The van der Waals surface area contributed by atoms with E-state index in [1.807, 2.05) is 6.92 Å². The Kier molecular flexibility index (Phi) is 4.80. The second-order valence-corrected chi connectivity index (χ2v) is 5.55. The molecule has 8 nitrogen and oxygen atoms in total. The first kappa shape index (κ1) is 16.7. The van der Waals surface area contributed by atoms with Crippen LogP contribution in [0, 0.1) is 17.0 Å². The summed E-state index contributed by atoms with van der Waals surface area (Å²) in [6.45, 7) is 2.08. The minimum Gasteiger partial charge on any atom is -0.467 e. The van der Waals surface area contributed by atoms with E-state index in [-0.39, 0.29) is 23.9 Å². The summed E-state index contributed by atoms with van der Waals surface area (Å²) < 4.78 is 5.20. The predicted molar refractivity (Wildman–Crippen MR) is 94.2 cm³/mol. The Labute approximate surface area is 148 Å². The molecule has 0 spiro atoms. The summed E-state index contributed by atoms with van der Waals surface area (Å²) >= 11 is 6.09. The largest absolute Gasteiger partial charge is 0.467 e. The highest BCUT2D eigenvalue weighted by Gasteiger charge is 2.23. The van der Waals surface area contributed by atoms with Gasteiger partial charge in [0.15, 0.2) is 0 Å². The van der Waals surface area contributed by atoms with Gasteiger partial charge in [-0.2, -0.15) is 0 Å². The fourth-order valence-electron chi connectivity index (χ4n) is 2.23. The van der Waals surface area contributed by atoms with Crippen LogP contribution < -0.4 is 10.6 Å². The zero-order chi connectivity index (χ0) is 17.8. The van der Waals surface area contributed by atoms with Gasteiger partial charge in [-0.1, -0.05) is 17.7 Å². The summed E-state index contributed by atoms with van der Waals surface area (Å²) in [5.74, 6) is 0.805. The van der Waals surface area contributed by atoms with Crippen molar-refractivity contribution in [2.45, 2.75) is 13.5 Å². The summed E-state index contributed by atoms with van der Waals surface area (Å²) in [5, 5.41) is 17.9. The first-order chi connectivity index (χ1) is 12.1. The number of nitrogens with one attached hydrogen (secondary N) is 2.